The summed E-state index contributed by atoms with van der Waals surface area (Å²) < 4.78 is 28.6. The van der Waals surface area contributed by atoms with Gasteiger partial charge >= 0.3 is 11.9 Å². The van der Waals surface area contributed by atoms with E-state index in [9.17, 15) is 9.59 Å². The van der Waals surface area contributed by atoms with Crippen molar-refractivity contribution >= 4 is 23.5 Å². The lowest BCUT2D eigenvalue weighted by atomic mass is 10.1. The fraction of sp³-hybridized carbons (Fsp3) is 0.533. The van der Waals surface area contributed by atoms with Gasteiger partial charge in [-0.3, -0.25) is 0 Å². The molecule has 0 amide bonds. The number of fused-ring (bicyclic) bond motifs is 5. The number of nitrogens with zero attached hydrogens (tertiary/aromatic N) is 2. The van der Waals surface area contributed by atoms with E-state index >= 15 is 0 Å². The van der Waals surface area contributed by atoms with Crippen LogP contribution < -0.4 is 14.2 Å². The highest BCUT2D eigenvalue weighted by atomic mass is 35.5. The van der Waals surface area contributed by atoms with Crippen molar-refractivity contribution in [2.24, 2.45) is 0 Å². The molecule has 2 aromatic rings. The zero-order chi connectivity index (χ0) is 28.3. The standard InChI is InChI=1S/C30H39ClN2O7/c1-36-26-20-23-21-27(28(26)37-2)38-18-3-6-25(40-30(35)22-7-9-24(31)10-8-22)11-15-33-13-4-12-32(16-17-33)14-5-19-39-29(23)34/h7-10,20-21,25H,3-6,11-19H2,1-2H3. The van der Waals surface area contributed by atoms with Gasteiger partial charge in [0.05, 0.1) is 38.6 Å². The molecule has 3 unspecified atom stereocenters. The Morgan fingerprint density at radius 2 is 1.55 bits per heavy atom. The van der Waals surface area contributed by atoms with Crippen LogP contribution in [0.4, 0.5) is 0 Å². The number of ether oxygens (including phenoxy) is 5. The van der Waals surface area contributed by atoms with E-state index in [-0.39, 0.29) is 12.1 Å². The fourth-order valence-corrected chi connectivity index (χ4v) is 5.18. The Morgan fingerprint density at radius 1 is 0.850 bits per heavy atom. The molecule has 2 aliphatic heterocycles. The van der Waals surface area contributed by atoms with Gasteiger partial charge in [0.15, 0.2) is 11.5 Å². The molecule has 40 heavy (non-hydrogen) atoms. The minimum Gasteiger partial charge on any atom is -0.493 e. The Morgan fingerprint density at radius 3 is 2.27 bits per heavy atom. The van der Waals surface area contributed by atoms with E-state index in [1.54, 1.807) is 36.4 Å². The molecular formula is C30H39ClN2O7. The van der Waals surface area contributed by atoms with E-state index in [0.29, 0.717) is 59.5 Å². The number of carbonyl (C=O) groups excluding carboxylic acids is 2. The second kappa shape index (κ2) is 15.1. The molecule has 10 heteroatoms. The van der Waals surface area contributed by atoms with E-state index in [2.05, 4.69) is 9.80 Å². The SMILES string of the molecule is COc1cc2cc(c1OC)OCCCC(OC(=O)c1ccc(Cl)cc1)CCN1CCCN(CCCOC2=O)CC1. The highest BCUT2D eigenvalue weighted by Crippen LogP contribution is 2.39. The van der Waals surface area contributed by atoms with Gasteiger partial charge in [-0.1, -0.05) is 11.6 Å². The highest BCUT2D eigenvalue weighted by molar-refractivity contribution is 6.30. The van der Waals surface area contributed by atoms with Crippen LogP contribution in [0.1, 0.15) is 52.8 Å². The maximum atomic E-state index is 12.9. The first-order valence-electron chi connectivity index (χ1n) is 13.9. The van der Waals surface area contributed by atoms with Crippen molar-refractivity contribution < 1.29 is 33.3 Å². The van der Waals surface area contributed by atoms with Gasteiger partial charge in [0, 0.05) is 31.2 Å². The average molecular weight is 575 g/mol. The number of carbonyl (C=O) groups is 2. The molecule has 0 aromatic heterocycles. The van der Waals surface area contributed by atoms with Crippen molar-refractivity contribution in [1.82, 2.24) is 9.80 Å². The molecule has 1 fully saturated rings. The van der Waals surface area contributed by atoms with Gasteiger partial charge in [-0.15, -0.1) is 0 Å². The van der Waals surface area contributed by atoms with Crippen LogP contribution in [0.2, 0.25) is 5.02 Å². The molecule has 0 saturated carbocycles. The van der Waals surface area contributed by atoms with Gasteiger partial charge in [-0.25, -0.2) is 9.59 Å². The minimum atomic E-state index is -0.431. The van der Waals surface area contributed by atoms with Crippen molar-refractivity contribution in [3.8, 4) is 17.2 Å². The van der Waals surface area contributed by atoms with E-state index in [4.69, 9.17) is 35.3 Å². The molecule has 2 heterocycles. The lowest BCUT2D eigenvalue weighted by Crippen LogP contribution is -2.34. The number of benzene rings is 2. The lowest BCUT2D eigenvalue weighted by Gasteiger charge is -2.24. The van der Waals surface area contributed by atoms with Crippen molar-refractivity contribution in [3.05, 3.63) is 52.5 Å². The second-order valence-corrected chi connectivity index (χ2v) is 10.5. The van der Waals surface area contributed by atoms with E-state index in [1.165, 1.54) is 14.2 Å². The molecule has 2 aromatic carbocycles. The minimum absolute atomic E-state index is 0.272. The lowest BCUT2D eigenvalue weighted by molar-refractivity contribution is 0.0221. The monoisotopic (exact) mass is 574 g/mol. The number of rotatable bonds is 4. The van der Waals surface area contributed by atoms with Crippen LogP contribution in [-0.2, 0) is 9.47 Å². The normalized spacial score (nSPS) is 22.9. The van der Waals surface area contributed by atoms with E-state index < -0.39 is 5.97 Å². The third kappa shape index (κ3) is 8.49. The number of methoxy groups -OCH3 is 2. The van der Waals surface area contributed by atoms with Crippen LogP contribution in [0.3, 0.4) is 0 Å². The topological polar surface area (TPSA) is 86.8 Å². The molecule has 9 nitrogen and oxygen atoms in total. The van der Waals surface area contributed by atoms with Gasteiger partial charge in [0.2, 0.25) is 5.75 Å². The van der Waals surface area contributed by atoms with Crippen molar-refractivity contribution in [3.63, 3.8) is 0 Å². The molecule has 2 aliphatic rings. The van der Waals surface area contributed by atoms with Gasteiger partial charge in [-0.2, -0.15) is 0 Å². The van der Waals surface area contributed by atoms with Crippen molar-refractivity contribution in [2.75, 3.05) is 66.7 Å². The van der Waals surface area contributed by atoms with Gasteiger partial charge < -0.3 is 33.5 Å². The fourth-order valence-electron chi connectivity index (χ4n) is 5.05. The predicted octanol–water partition coefficient (Wildman–Crippen LogP) is 4.70. The molecule has 1 saturated heterocycles. The zero-order valence-electron chi connectivity index (χ0n) is 23.4. The summed E-state index contributed by atoms with van der Waals surface area (Å²) >= 11 is 5.99. The Hall–Kier alpha value is -3.01. The molecule has 4 bridgehead atoms. The zero-order valence-corrected chi connectivity index (χ0v) is 24.1. The number of halogens is 1. The van der Waals surface area contributed by atoms with Crippen LogP contribution in [0.25, 0.3) is 0 Å². The predicted molar refractivity (Wildman–Crippen MR) is 152 cm³/mol. The summed E-state index contributed by atoms with van der Waals surface area (Å²) in [5, 5.41) is 0.570. The second-order valence-electron chi connectivity index (χ2n) is 10.0. The van der Waals surface area contributed by atoms with Crippen LogP contribution >= 0.6 is 11.6 Å². The van der Waals surface area contributed by atoms with E-state index in [1.807, 2.05) is 0 Å². The Bertz CT molecular complexity index is 1130. The van der Waals surface area contributed by atoms with Gasteiger partial charge in [-0.05, 0) is 81.6 Å². The summed E-state index contributed by atoms with van der Waals surface area (Å²) in [7, 11) is 3.04. The van der Waals surface area contributed by atoms with Crippen LogP contribution in [0.5, 0.6) is 17.2 Å². The van der Waals surface area contributed by atoms with Gasteiger partial charge in [0.1, 0.15) is 6.10 Å². The summed E-state index contributed by atoms with van der Waals surface area (Å²) in [5.41, 5.74) is 0.813. The van der Waals surface area contributed by atoms with Crippen LogP contribution in [0.15, 0.2) is 36.4 Å². The number of esters is 2. The summed E-state index contributed by atoms with van der Waals surface area (Å²) in [6.45, 7) is 6.30. The van der Waals surface area contributed by atoms with Crippen LogP contribution in [-0.4, -0.2) is 94.5 Å². The first-order chi connectivity index (χ1) is 19.5. The third-order valence-corrected chi connectivity index (χ3v) is 7.51. The molecule has 0 spiro atoms. The average Bonchev–Trinajstić information content (AvgIpc) is 3.20. The van der Waals surface area contributed by atoms with E-state index in [0.717, 1.165) is 58.5 Å². The number of hydrogen-bond acceptors (Lipinski definition) is 9. The maximum absolute atomic E-state index is 12.9. The first-order valence-corrected chi connectivity index (χ1v) is 14.3. The summed E-state index contributed by atoms with van der Waals surface area (Å²) in [6, 6.07) is 9.96. The molecule has 0 aliphatic carbocycles. The van der Waals surface area contributed by atoms with Crippen molar-refractivity contribution in [2.45, 2.75) is 38.2 Å². The smallest absolute Gasteiger partial charge is 0.338 e. The molecule has 0 N–H and O–H groups in total. The molecule has 4 rings (SSSR count). The highest BCUT2D eigenvalue weighted by Gasteiger charge is 2.22. The molecule has 3 atom stereocenters. The molecule has 0 radical (unpaired) electrons. The first kappa shape index (κ1) is 30.0. The number of cyclic esters (lactones) is 1. The quantitative estimate of drug-likeness (QED) is 0.482. The van der Waals surface area contributed by atoms with Crippen LogP contribution in [0, 0.1) is 0 Å². The Kier molecular flexibility index (Phi) is 11.3. The third-order valence-electron chi connectivity index (χ3n) is 7.26. The summed E-state index contributed by atoms with van der Waals surface area (Å²) in [6.07, 6.45) is 3.54. The molecular weight excluding hydrogens is 536 g/mol. The summed E-state index contributed by atoms with van der Waals surface area (Å²) in [5.74, 6) is 0.402. The number of hydrogen-bond donors (Lipinski definition) is 0. The van der Waals surface area contributed by atoms with Gasteiger partial charge in [0.25, 0.3) is 0 Å². The van der Waals surface area contributed by atoms with Crippen molar-refractivity contribution in [1.29, 1.82) is 0 Å². The Balaban J connectivity index is 1.51. The molecule has 218 valence electrons. The Labute approximate surface area is 241 Å². The largest absolute Gasteiger partial charge is 0.493 e. The summed E-state index contributed by atoms with van der Waals surface area (Å²) in [4.78, 5) is 30.6. The maximum Gasteiger partial charge on any atom is 0.338 e.